The van der Waals surface area contributed by atoms with Crippen molar-refractivity contribution in [2.45, 2.75) is 44.2 Å². The molecule has 1 N–H and O–H groups in total. The fourth-order valence-corrected chi connectivity index (χ4v) is 5.56. The Labute approximate surface area is 143 Å². The number of alkyl halides is 1. The summed E-state index contributed by atoms with van der Waals surface area (Å²) in [6.45, 7) is 1.89. The van der Waals surface area contributed by atoms with E-state index >= 15 is 0 Å². The molecule has 0 aliphatic heterocycles. The number of rotatable bonds is 5. The largest absolute Gasteiger partial charge is 0.316 e. The van der Waals surface area contributed by atoms with Crippen LogP contribution in [0.1, 0.15) is 37.7 Å². The van der Waals surface area contributed by atoms with E-state index in [1.54, 1.807) is 12.1 Å². The summed E-state index contributed by atoms with van der Waals surface area (Å²) in [4.78, 5) is 0. The topological polar surface area (TPSA) is 12.0 Å². The van der Waals surface area contributed by atoms with Crippen molar-refractivity contribution in [2.24, 2.45) is 23.7 Å². The van der Waals surface area contributed by atoms with Gasteiger partial charge in [-0.2, -0.15) is 0 Å². The van der Waals surface area contributed by atoms with Gasteiger partial charge in [-0.15, -0.1) is 12.4 Å². The molecule has 1 aromatic carbocycles. The van der Waals surface area contributed by atoms with Crippen LogP contribution in [0, 0.1) is 29.5 Å². The molecule has 4 heteroatoms. The summed E-state index contributed by atoms with van der Waals surface area (Å²) in [5, 5.41) is 3.55. The lowest BCUT2D eigenvalue weighted by molar-refractivity contribution is -0.108. The highest BCUT2D eigenvalue weighted by Crippen LogP contribution is 2.59. The van der Waals surface area contributed by atoms with E-state index in [2.05, 4.69) is 5.32 Å². The van der Waals surface area contributed by atoms with Gasteiger partial charge in [-0.05, 0) is 93.0 Å². The highest BCUT2D eigenvalue weighted by molar-refractivity contribution is 5.85. The van der Waals surface area contributed by atoms with Gasteiger partial charge in [0.1, 0.15) is 11.5 Å². The lowest BCUT2D eigenvalue weighted by Gasteiger charge is -2.57. The molecular weight excluding hydrogens is 316 g/mol. The molecule has 0 heterocycles. The molecular formula is C19H26ClF2N. The number of benzene rings is 1. The quantitative estimate of drug-likeness (QED) is 0.775. The highest BCUT2D eigenvalue weighted by Gasteiger charge is 2.55. The Bertz CT molecular complexity index is 534. The maximum Gasteiger partial charge on any atom is 0.123 e. The molecule has 4 bridgehead atoms. The standard InChI is InChI=1S/C19H25F2N.ClH/c20-17-3-1-2-13(8-17)4-5-22-12-18-15-6-14-7-16(18)11-19(21,9-14)10-15;/h1-3,8,14-16,18,22H,4-7,9-12H2;1H. The van der Waals surface area contributed by atoms with E-state index in [-0.39, 0.29) is 18.2 Å². The molecule has 1 nitrogen and oxygen atoms in total. The van der Waals surface area contributed by atoms with Crippen LogP contribution in [0.3, 0.4) is 0 Å². The maximum absolute atomic E-state index is 14.6. The van der Waals surface area contributed by atoms with Crippen LogP contribution < -0.4 is 5.32 Å². The zero-order chi connectivity index (χ0) is 15.2. The Morgan fingerprint density at radius 1 is 1.13 bits per heavy atom. The van der Waals surface area contributed by atoms with Crippen molar-refractivity contribution in [3.63, 3.8) is 0 Å². The normalized spacial score (nSPS) is 37.7. The molecule has 0 amide bonds. The van der Waals surface area contributed by atoms with Crippen molar-refractivity contribution < 1.29 is 8.78 Å². The van der Waals surface area contributed by atoms with Crippen LogP contribution in [0.2, 0.25) is 0 Å². The average molecular weight is 342 g/mol. The molecule has 128 valence electrons. The fraction of sp³-hybridized carbons (Fsp3) is 0.684. The summed E-state index contributed by atoms with van der Waals surface area (Å²) in [6.07, 6.45) is 5.79. The minimum absolute atomic E-state index is 0. The molecule has 4 aliphatic rings. The first-order valence-electron chi connectivity index (χ1n) is 8.75. The Kier molecular flexibility index (Phi) is 4.98. The number of halogens is 3. The maximum atomic E-state index is 14.6. The molecule has 4 aliphatic carbocycles. The van der Waals surface area contributed by atoms with E-state index < -0.39 is 5.67 Å². The van der Waals surface area contributed by atoms with Gasteiger partial charge in [0.05, 0.1) is 0 Å². The van der Waals surface area contributed by atoms with Crippen molar-refractivity contribution in [2.75, 3.05) is 13.1 Å². The van der Waals surface area contributed by atoms with Crippen LogP contribution in [0.25, 0.3) is 0 Å². The van der Waals surface area contributed by atoms with E-state index in [4.69, 9.17) is 0 Å². The third-order valence-corrected chi connectivity index (χ3v) is 6.25. The second kappa shape index (κ2) is 6.68. The van der Waals surface area contributed by atoms with Gasteiger partial charge in [0, 0.05) is 0 Å². The van der Waals surface area contributed by atoms with E-state index in [1.807, 2.05) is 6.07 Å². The van der Waals surface area contributed by atoms with Gasteiger partial charge in [0.15, 0.2) is 0 Å². The monoisotopic (exact) mass is 341 g/mol. The Balaban J connectivity index is 0.00000156. The van der Waals surface area contributed by atoms with Crippen molar-refractivity contribution >= 4 is 12.4 Å². The van der Waals surface area contributed by atoms with Gasteiger partial charge in [0.25, 0.3) is 0 Å². The Morgan fingerprint density at radius 2 is 1.87 bits per heavy atom. The van der Waals surface area contributed by atoms with Crippen LogP contribution in [-0.4, -0.2) is 18.8 Å². The SMILES string of the molecule is Cl.Fc1cccc(CCNCC2C3CC4CC2CC(F)(C4)C3)c1. The van der Waals surface area contributed by atoms with Crippen molar-refractivity contribution in [3.05, 3.63) is 35.6 Å². The Hall–Kier alpha value is -0.670. The summed E-state index contributed by atoms with van der Waals surface area (Å²) in [5.74, 6) is 2.35. The molecule has 0 saturated heterocycles. The highest BCUT2D eigenvalue weighted by atomic mass is 35.5. The first-order valence-corrected chi connectivity index (χ1v) is 8.75. The minimum Gasteiger partial charge on any atom is -0.316 e. The van der Waals surface area contributed by atoms with Crippen LogP contribution in [0.15, 0.2) is 24.3 Å². The van der Waals surface area contributed by atoms with Crippen molar-refractivity contribution in [3.8, 4) is 0 Å². The average Bonchev–Trinajstić information content (AvgIpc) is 2.44. The molecule has 1 aromatic rings. The summed E-state index contributed by atoms with van der Waals surface area (Å²) in [7, 11) is 0. The fourth-order valence-electron chi connectivity index (χ4n) is 5.56. The zero-order valence-electron chi connectivity index (χ0n) is 13.4. The summed E-state index contributed by atoms with van der Waals surface area (Å²) in [5.41, 5.74) is 0.217. The smallest absolute Gasteiger partial charge is 0.123 e. The van der Waals surface area contributed by atoms with E-state index in [9.17, 15) is 8.78 Å². The zero-order valence-corrected chi connectivity index (χ0v) is 14.3. The third-order valence-electron chi connectivity index (χ3n) is 6.25. The summed E-state index contributed by atoms with van der Waals surface area (Å²) in [6, 6.07) is 6.83. The minimum atomic E-state index is -0.825. The summed E-state index contributed by atoms with van der Waals surface area (Å²) >= 11 is 0. The number of nitrogens with one attached hydrogen (secondary N) is 1. The molecule has 2 unspecified atom stereocenters. The van der Waals surface area contributed by atoms with Crippen LogP contribution >= 0.6 is 12.4 Å². The number of hydrogen-bond donors (Lipinski definition) is 1. The van der Waals surface area contributed by atoms with E-state index in [0.717, 1.165) is 44.3 Å². The second-order valence-electron chi connectivity index (χ2n) is 7.87. The van der Waals surface area contributed by atoms with Gasteiger partial charge < -0.3 is 5.32 Å². The first kappa shape index (κ1) is 17.2. The molecule has 23 heavy (non-hydrogen) atoms. The van der Waals surface area contributed by atoms with E-state index in [0.29, 0.717) is 23.7 Å². The van der Waals surface area contributed by atoms with Gasteiger partial charge in [0.2, 0.25) is 0 Å². The molecule has 2 atom stereocenters. The molecule has 0 radical (unpaired) electrons. The lowest BCUT2D eigenvalue weighted by Crippen LogP contribution is -2.54. The van der Waals surface area contributed by atoms with Gasteiger partial charge in [-0.3, -0.25) is 0 Å². The predicted molar refractivity (Wildman–Crippen MR) is 91.1 cm³/mol. The molecule has 5 rings (SSSR count). The molecule has 0 aromatic heterocycles. The number of hydrogen-bond acceptors (Lipinski definition) is 1. The second-order valence-corrected chi connectivity index (χ2v) is 7.87. The molecule has 4 saturated carbocycles. The Morgan fingerprint density at radius 3 is 2.52 bits per heavy atom. The van der Waals surface area contributed by atoms with E-state index in [1.165, 1.54) is 18.9 Å². The molecule has 4 fully saturated rings. The van der Waals surface area contributed by atoms with Crippen molar-refractivity contribution in [1.82, 2.24) is 5.32 Å². The van der Waals surface area contributed by atoms with Crippen LogP contribution in [0.5, 0.6) is 0 Å². The van der Waals surface area contributed by atoms with Gasteiger partial charge in [-0.1, -0.05) is 12.1 Å². The first-order chi connectivity index (χ1) is 10.6. The summed E-state index contributed by atoms with van der Waals surface area (Å²) < 4.78 is 27.8. The van der Waals surface area contributed by atoms with Crippen molar-refractivity contribution in [1.29, 1.82) is 0 Å². The van der Waals surface area contributed by atoms with Gasteiger partial charge in [-0.25, -0.2) is 8.78 Å². The van der Waals surface area contributed by atoms with Crippen LogP contribution in [-0.2, 0) is 6.42 Å². The predicted octanol–water partition coefficient (Wildman–Crippen LogP) is 4.54. The van der Waals surface area contributed by atoms with Crippen LogP contribution in [0.4, 0.5) is 8.78 Å². The van der Waals surface area contributed by atoms with Gasteiger partial charge >= 0.3 is 0 Å². The lowest BCUT2D eigenvalue weighted by atomic mass is 9.50. The molecule has 0 spiro atoms. The third kappa shape index (κ3) is 3.56.